The standard InChI is InChI=1S/C14H16N2O.ClH/c17-14-12-4-2-1-3-11(12)13(9-16-14)10-5-7-15-8-6-10;/h1-4,9-10,15H,5-8H2,(H,16,17);1H. The first kappa shape index (κ1) is 13.1. The van der Waals surface area contributed by atoms with Gasteiger partial charge in [0.1, 0.15) is 0 Å². The van der Waals surface area contributed by atoms with Gasteiger partial charge in [-0.15, -0.1) is 12.4 Å². The second-order valence-electron chi connectivity index (χ2n) is 4.64. The Morgan fingerprint density at radius 3 is 2.44 bits per heavy atom. The van der Waals surface area contributed by atoms with E-state index in [1.165, 1.54) is 5.56 Å². The Kier molecular flexibility index (Phi) is 4.04. The minimum atomic E-state index is 0. The fourth-order valence-corrected chi connectivity index (χ4v) is 2.70. The molecule has 0 aliphatic carbocycles. The lowest BCUT2D eigenvalue weighted by molar-refractivity contribution is 0.461. The summed E-state index contributed by atoms with van der Waals surface area (Å²) in [5.41, 5.74) is 1.31. The fraction of sp³-hybridized carbons (Fsp3) is 0.357. The molecule has 2 heterocycles. The number of H-pyrrole nitrogens is 1. The number of hydrogen-bond donors (Lipinski definition) is 2. The fourth-order valence-electron chi connectivity index (χ4n) is 2.70. The van der Waals surface area contributed by atoms with Gasteiger partial charge in [0.15, 0.2) is 0 Å². The molecule has 2 aromatic rings. The van der Waals surface area contributed by atoms with E-state index in [1.54, 1.807) is 0 Å². The third-order valence-electron chi connectivity index (χ3n) is 3.62. The minimum Gasteiger partial charge on any atom is -0.328 e. The molecule has 1 saturated heterocycles. The average Bonchev–Trinajstić information content (AvgIpc) is 2.41. The van der Waals surface area contributed by atoms with Crippen molar-refractivity contribution in [1.82, 2.24) is 10.3 Å². The van der Waals surface area contributed by atoms with Gasteiger partial charge in [-0.05, 0) is 48.9 Å². The predicted octanol–water partition coefficient (Wildman–Crippen LogP) is 2.42. The molecule has 1 aliphatic heterocycles. The quantitative estimate of drug-likeness (QED) is 0.831. The Morgan fingerprint density at radius 2 is 1.72 bits per heavy atom. The van der Waals surface area contributed by atoms with Crippen molar-refractivity contribution in [3.8, 4) is 0 Å². The summed E-state index contributed by atoms with van der Waals surface area (Å²) in [6, 6.07) is 7.89. The van der Waals surface area contributed by atoms with Crippen LogP contribution in [0.1, 0.15) is 24.3 Å². The van der Waals surface area contributed by atoms with E-state index in [0.717, 1.165) is 36.7 Å². The highest BCUT2D eigenvalue weighted by Crippen LogP contribution is 2.29. The number of benzene rings is 1. The molecule has 1 aromatic heterocycles. The average molecular weight is 265 g/mol. The highest BCUT2D eigenvalue weighted by molar-refractivity contribution is 5.85. The molecule has 4 heteroatoms. The van der Waals surface area contributed by atoms with Gasteiger partial charge in [0, 0.05) is 11.6 Å². The van der Waals surface area contributed by atoms with Gasteiger partial charge in [-0.1, -0.05) is 18.2 Å². The second kappa shape index (κ2) is 5.55. The van der Waals surface area contributed by atoms with Crippen molar-refractivity contribution in [2.75, 3.05) is 13.1 Å². The summed E-state index contributed by atoms with van der Waals surface area (Å²) >= 11 is 0. The van der Waals surface area contributed by atoms with Gasteiger partial charge in [0.2, 0.25) is 0 Å². The van der Waals surface area contributed by atoms with Crippen LogP contribution in [0.2, 0.25) is 0 Å². The number of fused-ring (bicyclic) bond motifs is 1. The molecule has 0 saturated carbocycles. The Balaban J connectivity index is 0.00000120. The number of rotatable bonds is 1. The Morgan fingerprint density at radius 1 is 1.06 bits per heavy atom. The van der Waals surface area contributed by atoms with E-state index in [-0.39, 0.29) is 18.0 Å². The zero-order valence-electron chi connectivity index (χ0n) is 10.1. The highest BCUT2D eigenvalue weighted by Gasteiger charge is 2.17. The molecule has 0 amide bonds. The molecular formula is C14H17ClN2O. The summed E-state index contributed by atoms with van der Waals surface area (Å²) in [6.45, 7) is 2.14. The first-order valence-electron chi connectivity index (χ1n) is 6.17. The lowest BCUT2D eigenvalue weighted by Crippen LogP contribution is -2.27. The molecule has 18 heavy (non-hydrogen) atoms. The van der Waals surface area contributed by atoms with Crippen LogP contribution in [0.25, 0.3) is 10.8 Å². The number of piperidine rings is 1. The normalized spacial score (nSPS) is 16.4. The monoisotopic (exact) mass is 264 g/mol. The summed E-state index contributed by atoms with van der Waals surface area (Å²) < 4.78 is 0. The van der Waals surface area contributed by atoms with Gasteiger partial charge in [0.25, 0.3) is 5.56 Å². The van der Waals surface area contributed by atoms with Gasteiger partial charge >= 0.3 is 0 Å². The van der Waals surface area contributed by atoms with E-state index in [2.05, 4.69) is 16.4 Å². The summed E-state index contributed by atoms with van der Waals surface area (Å²) in [5, 5.41) is 5.29. The van der Waals surface area contributed by atoms with Crippen molar-refractivity contribution >= 4 is 23.2 Å². The maximum Gasteiger partial charge on any atom is 0.255 e. The van der Waals surface area contributed by atoms with Crippen molar-refractivity contribution in [1.29, 1.82) is 0 Å². The molecule has 0 unspecified atom stereocenters. The van der Waals surface area contributed by atoms with E-state index in [0.29, 0.717) is 5.92 Å². The van der Waals surface area contributed by atoms with Crippen LogP contribution < -0.4 is 10.9 Å². The number of aromatic amines is 1. The lowest BCUT2D eigenvalue weighted by Gasteiger charge is -2.23. The number of nitrogens with one attached hydrogen (secondary N) is 2. The van der Waals surface area contributed by atoms with Crippen LogP contribution in [-0.4, -0.2) is 18.1 Å². The van der Waals surface area contributed by atoms with E-state index in [9.17, 15) is 4.79 Å². The Hall–Kier alpha value is -1.32. The minimum absolute atomic E-state index is 0. The van der Waals surface area contributed by atoms with Gasteiger partial charge in [-0.25, -0.2) is 0 Å². The van der Waals surface area contributed by atoms with E-state index >= 15 is 0 Å². The number of pyridine rings is 1. The molecular weight excluding hydrogens is 248 g/mol. The molecule has 1 aliphatic rings. The predicted molar refractivity (Wildman–Crippen MR) is 76.7 cm³/mol. The van der Waals surface area contributed by atoms with Crippen LogP contribution in [0.3, 0.4) is 0 Å². The lowest BCUT2D eigenvalue weighted by atomic mass is 9.88. The molecule has 0 atom stereocenters. The molecule has 0 spiro atoms. The molecule has 0 bridgehead atoms. The highest BCUT2D eigenvalue weighted by atomic mass is 35.5. The van der Waals surface area contributed by atoms with Crippen LogP contribution in [0, 0.1) is 0 Å². The van der Waals surface area contributed by atoms with Crippen LogP contribution in [0.4, 0.5) is 0 Å². The largest absolute Gasteiger partial charge is 0.328 e. The summed E-state index contributed by atoms with van der Waals surface area (Å²) in [6.07, 6.45) is 4.20. The summed E-state index contributed by atoms with van der Waals surface area (Å²) in [7, 11) is 0. The van der Waals surface area contributed by atoms with Crippen LogP contribution in [-0.2, 0) is 0 Å². The van der Waals surface area contributed by atoms with E-state index in [1.807, 2.05) is 24.4 Å². The summed E-state index contributed by atoms with van der Waals surface area (Å²) in [5.74, 6) is 0.568. The maximum atomic E-state index is 11.7. The number of aromatic nitrogens is 1. The number of hydrogen-bond acceptors (Lipinski definition) is 2. The molecule has 96 valence electrons. The third-order valence-corrected chi connectivity index (χ3v) is 3.62. The molecule has 1 fully saturated rings. The van der Waals surface area contributed by atoms with Crippen molar-refractivity contribution in [2.45, 2.75) is 18.8 Å². The Labute approximate surface area is 112 Å². The molecule has 2 N–H and O–H groups in total. The molecule has 3 nitrogen and oxygen atoms in total. The van der Waals surface area contributed by atoms with Gasteiger partial charge < -0.3 is 10.3 Å². The SMILES string of the molecule is Cl.O=c1[nH]cc(C2CCNCC2)c2ccccc12. The van der Waals surface area contributed by atoms with Crippen LogP contribution in [0.5, 0.6) is 0 Å². The zero-order valence-corrected chi connectivity index (χ0v) is 10.9. The smallest absolute Gasteiger partial charge is 0.255 e. The topological polar surface area (TPSA) is 44.9 Å². The Bertz CT molecular complexity index is 588. The molecule has 0 radical (unpaired) electrons. The van der Waals surface area contributed by atoms with Gasteiger partial charge in [-0.2, -0.15) is 0 Å². The van der Waals surface area contributed by atoms with Gasteiger partial charge in [0.05, 0.1) is 0 Å². The molecule has 3 rings (SSSR count). The van der Waals surface area contributed by atoms with Crippen LogP contribution >= 0.6 is 12.4 Å². The number of halogens is 1. The van der Waals surface area contributed by atoms with Gasteiger partial charge in [-0.3, -0.25) is 4.79 Å². The van der Waals surface area contributed by atoms with Crippen molar-refractivity contribution in [3.63, 3.8) is 0 Å². The molecule has 1 aromatic carbocycles. The van der Waals surface area contributed by atoms with E-state index in [4.69, 9.17) is 0 Å². The zero-order chi connectivity index (χ0) is 11.7. The van der Waals surface area contributed by atoms with Crippen molar-refractivity contribution < 1.29 is 0 Å². The van der Waals surface area contributed by atoms with E-state index < -0.39 is 0 Å². The van der Waals surface area contributed by atoms with Crippen molar-refractivity contribution in [2.24, 2.45) is 0 Å². The third kappa shape index (κ3) is 2.28. The first-order chi connectivity index (χ1) is 8.36. The maximum absolute atomic E-state index is 11.7. The van der Waals surface area contributed by atoms with Crippen LogP contribution in [0.15, 0.2) is 35.3 Å². The second-order valence-corrected chi connectivity index (χ2v) is 4.64. The first-order valence-corrected chi connectivity index (χ1v) is 6.17. The summed E-state index contributed by atoms with van der Waals surface area (Å²) in [4.78, 5) is 14.6. The van der Waals surface area contributed by atoms with Crippen molar-refractivity contribution in [3.05, 3.63) is 46.4 Å².